The maximum atomic E-state index is 5.61. The molecule has 0 aliphatic heterocycles. The average Bonchev–Trinajstić information content (AvgIpc) is 2.01. The van der Waals surface area contributed by atoms with E-state index in [1.165, 1.54) is 0 Å². The van der Waals surface area contributed by atoms with Crippen LogP contribution in [0.25, 0.3) is 0 Å². The molecule has 78 valence electrons. The van der Waals surface area contributed by atoms with Crippen LogP contribution in [0.2, 0.25) is 0 Å². The van der Waals surface area contributed by atoms with Gasteiger partial charge in [0.1, 0.15) is 12.4 Å². The van der Waals surface area contributed by atoms with Crippen LogP contribution in [-0.4, -0.2) is 12.6 Å². The number of halogens is 3. The van der Waals surface area contributed by atoms with Crippen molar-refractivity contribution in [1.82, 2.24) is 0 Å². The number of hydrogen-bond acceptors (Lipinski definition) is 2. The highest BCUT2D eigenvalue weighted by Gasteiger charge is 2.08. The number of ether oxygens (including phenoxy) is 1. The molecule has 0 saturated heterocycles. The monoisotopic (exact) mass is 385 g/mol. The van der Waals surface area contributed by atoms with Gasteiger partial charge in [0.2, 0.25) is 0 Å². The average molecular weight is 388 g/mol. The van der Waals surface area contributed by atoms with Crippen LogP contribution in [0.1, 0.15) is 6.92 Å². The highest BCUT2D eigenvalue weighted by atomic mass is 79.9. The molecule has 1 aromatic carbocycles. The predicted octanol–water partition coefficient (Wildman–Crippen LogP) is 3.70. The molecule has 2 nitrogen and oxygen atoms in total. The molecule has 0 aromatic heterocycles. The van der Waals surface area contributed by atoms with E-state index in [1.54, 1.807) is 0 Å². The van der Waals surface area contributed by atoms with E-state index in [1.807, 2.05) is 19.1 Å². The summed E-state index contributed by atoms with van der Waals surface area (Å²) < 4.78 is 8.34. The van der Waals surface area contributed by atoms with E-state index in [9.17, 15) is 0 Å². The third kappa shape index (κ3) is 3.53. The molecule has 5 heteroatoms. The van der Waals surface area contributed by atoms with Crippen molar-refractivity contribution >= 4 is 47.8 Å². The van der Waals surface area contributed by atoms with Gasteiger partial charge in [-0.15, -0.1) is 0 Å². The van der Waals surface area contributed by atoms with Gasteiger partial charge in [-0.1, -0.05) is 15.9 Å². The molecule has 1 atom stereocenters. The predicted molar refractivity (Wildman–Crippen MR) is 68.7 cm³/mol. The van der Waals surface area contributed by atoms with Gasteiger partial charge in [0.15, 0.2) is 0 Å². The largest absolute Gasteiger partial charge is 0.490 e. The molecule has 0 fully saturated rings. The van der Waals surface area contributed by atoms with Crippen LogP contribution in [0.4, 0.5) is 0 Å². The molecule has 0 amide bonds. The molecule has 0 aliphatic rings. The van der Waals surface area contributed by atoms with Gasteiger partial charge in [-0.2, -0.15) is 0 Å². The Morgan fingerprint density at radius 3 is 2.21 bits per heavy atom. The Morgan fingerprint density at radius 1 is 1.29 bits per heavy atom. The molecule has 0 unspecified atom stereocenters. The van der Waals surface area contributed by atoms with Crippen molar-refractivity contribution in [1.29, 1.82) is 0 Å². The highest BCUT2D eigenvalue weighted by Crippen LogP contribution is 2.36. The van der Waals surface area contributed by atoms with Crippen LogP contribution < -0.4 is 10.5 Å². The summed E-state index contributed by atoms with van der Waals surface area (Å²) >= 11 is 10.2. The standard InChI is InChI=1S/C9H10Br3NO/c1-5(13)4-14-9-7(11)2-6(10)3-8(9)12/h2-3,5H,4,13H2,1H3/t5-/m0/s1. The molecular weight excluding hydrogens is 378 g/mol. The molecule has 0 saturated carbocycles. The molecule has 2 N–H and O–H groups in total. The summed E-state index contributed by atoms with van der Waals surface area (Å²) in [6, 6.07) is 3.89. The topological polar surface area (TPSA) is 35.2 Å². The lowest BCUT2D eigenvalue weighted by Crippen LogP contribution is -2.23. The minimum absolute atomic E-state index is 0.0254. The fraction of sp³-hybridized carbons (Fsp3) is 0.333. The normalized spacial score (nSPS) is 12.6. The summed E-state index contributed by atoms with van der Waals surface area (Å²) in [5.41, 5.74) is 5.61. The van der Waals surface area contributed by atoms with Crippen LogP contribution in [0, 0.1) is 0 Å². The van der Waals surface area contributed by atoms with Crippen molar-refractivity contribution in [3.05, 3.63) is 25.6 Å². The van der Waals surface area contributed by atoms with Crippen molar-refractivity contribution in [3.8, 4) is 5.75 Å². The van der Waals surface area contributed by atoms with Gasteiger partial charge in [0.05, 0.1) is 8.95 Å². The fourth-order valence-corrected chi connectivity index (χ4v) is 3.37. The second kappa shape index (κ2) is 5.49. The third-order valence-corrected chi connectivity index (χ3v) is 3.09. The summed E-state index contributed by atoms with van der Waals surface area (Å²) in [4.78, 5) is 0. The molecule has 0 spiro atoms. The van der Waals surface area contributed by atoms with E-state index in [-0.39, 0.29) is 6.04 Å². The molecule has 0 heterocycles. The number of hydrogen-bond donors (Lipinski definition) is 1. The lowest BCUT2D eigenvalue weighted by atomic mass is 10.3. The first-order valence-electron chi connectivity index (χ1n) is 4.03. The van der Waals surface area contributed by atoms with E-state index >= 15 is 0 Å². The first kappa shape index (κ1) is 12.5. The van der Waals surface area contributed by atoms with Crippen LogP contribution in [0.3, 0.4) is 0 Å². The molecule has 0 bridgehead atoms. The van der Waals surface area contributed by atoms with Crippen molar-refractivity contribution in [2.45, 2.75) is 13.0 Å². The van der Waals surface area contributed by atoms with Gasteiger partial charge in [-0.05, 0) is 50.9 Å². The molecule has 1 rings (SSSR count). The number of benzene rings is 1. The first-order valence-corrected chi connectivity index (χ1v) is 6.41. The van der Waals surface area contributed by atoms with E-state index in [2.05, 4.69) is 47.8 Å². The van der Waals surface area contributed by atoms with Crippen molar-refractivity contribution in [2.24, 2.45) is 5.73 Å². The highest BCUT2D eigenvalue weighted by molar-refractivity contribution is 9.11. The lowest BCUT2D eigenvalue weighted by Gasteiger charge is -2.12. The minimum atomic E-state index is 0.0254. The lowest BCUT2D eigenvalue weighted by molar-refractivity contribution is 0.292. The quantitative estimate of drug-likeness (QED) is 0.858. The SMILES string of the molecule is C[C@H](N)COc1c(Br)cc(Br)cc1Br. The second-order valence-electron chi connectivity index (χ2n) is 2.99. The smallest absolute Gasteiger partial charge is 0.147 e. The fourth-order valence-electron chi connectivity index (χ4n) is 0.882. The van der Waals surface area contributed by atoms with Crippen molar-refractivity contribution in [3.63, 3.8) is 0 Å². The maximum Gasteiger partial charge on any atom is 0.147 e. The van der Waals surface area contributed by atoms with Gasteiger partial charge >= 0.3 is 0 Å². The van der Waals surface area contributed by atoms with Gasteiger partial charge in [0.25, 0.3) is 0 Å². The van der Waals surface area contributed by atoms with E-state index in [0.717, 1.165) is 19.2 Å². The first-order chi connectivity index (χ1) is 6.50. The van der Waals surface area contributed by atoms with Crippen LogP contribution in [0.15, 0.2) is 25.6 Å². The Bertz CT molecular complexity index is 305. The summed E-state index contributed by atoms with van der Waals surface area (Å²) in [7, 11) is 0. The Morgan fingerprint density at radius 2 is 1.79 bits per heavy atom. The van der Waals surface area contributed by atoms with E-state index < -0.39 is 0 Å². The molecule has 1 aromatic rings. The number of rotatable bonds is 3. The van der Waals surface area contributed by atoms with E-state index in [0.29, 0.717) is 6.61 Å². The van der Waals surface area contributed by atoms with Gasteiger partial charge in [-0.25, -0.2) is 0 Å². The molecule has 0 aliphatic carbocycles. The van der Waals surface area contributed by atoms with Gasteiger partial charge in [0, 0.05) is 10.5 Å². The zero-order chi connectivity index (χ0) is 10.7. The van der Waals surface area contributed by atoms with Gasteiger partial charge in [-0.3, -0.25) is 0 Å². The van der Waals surface area contributed by atoms with Crippen LogP contribution >= 0.6 is 47.8 Å². The van der Waals surface area contributed by atoms with Crippen molar-refractivity contribution in [2.75, 3.05) is 6.61 Å². The zero-order valence-electron chi connectivity index (χ0n) is 7.56. The molecular formula is C9H10Br3NO. The van der Waals surface area contributed by atoms with Crippen LogP contribution in [0.5, 0.6) is 5.75 Å². The van der Waals surface area contributed by atoms with E-state index in [4.69, 9.17) is 10.5 Å². The molecule has 14 heavy (non-hydrogen) atoms. The Balaban J connectivity index is 2.86. The molecule has 0 radical (unpaired) electrons. The zero-order valence-corrected chi connectivity index (χ0v) is 12.3. The Hall–Kier alpha value is 0.420. The number of nitrogens with two attached hydrogens (primary N) is 1. The van der Waals surface area contributed by atoms with Crippen LogP contribution in [-0.2, 0) is 0 Å². The Kier molecular flexibility index (Phi) is 4.90. The summed E-state index contributed by atoms with van der Waals surface area (Å²) in [6.07, 6.45) is 0. The third-order valence-electron chi connectivity index (χ3n) is 1.45. The minimum Gasteiger partial charge on any atom is -0.490 e. The maximum absolute atomic E-state index is 5.61. The van der Waals surface area contributed by atoms with Crippen molar-refractivity contribution < 1.29 is 4.74 Å². The Labute approximate surface area is 109 Å². The second-order valence-corrected chi connectivity index (χ2v) is 5.61. The van der Waals surface area contributed by atoms with Gasteiger partial charge < -0.3 is 10.5 Å². The summed E-state index contributed by atoms with van der Waals surface area (Å²) in [5.74, 6) is 0.783. The summed E-state index contributed by atoms with van der Waals surface area (Å²) in [6.45, 7) is 2.40. The summed E-state index contributed by atoms with van der Waals surface area (Å²) in [5, 5.41) is 0.